The van der Waals surface area contributed by atoms with Gasteiger partial charge >= 0.3 is 18.3 Å². The summed E-state index contributed by atoms with van der Waals surface area (Å²) in [5.41, 5.74) is -4.24. The first kappa shape index (κ1) is 25.5. The number of amides is 1. The first-order valence-electron chi connectivity index (χ1n) is 9.82. The van der Waals surface area contributed by atoms with Crippen LogP contribution >= 0.6 is 11.3 Å². The summed E-state index contributed by atoms with van der Waals surface area (Å²) in [7, 11) is 0. The zero-order chi connectivity index (χ0) is 25.3. The van der Waals surface area contributed by atoms with Crippen molar-refractivity contribution in [1.29, 1.82) is 0 Å². The molecular formula is C21H18F6N2O4S. The van der Waals surface area contributed by atoms with Crippen LogP contribution < -0.4 is 4.74 Å². The Balaban J connectivity index is 2.04. The van der Waals surface area contributed by atoms with Crippen LogP contribution in [0.15, 0.2) is 42.6 Å². The number of nitrogens with zero attached hydrogens (tertiary/aromatic N) is 2. The van der Waals surface area contributed by atoms with Crippen LogP contribution in [0.1, 0.15) is 40.1 Å². The maximum absolute atomic E-state index is 13.5. The molecule has 184 valence electrons. The summed E-state index contributed by atoms with van der Waals surface area (Å²) in [6, 6.07) is -0.0754. The number of carbonyl (C=O) groups excluding carboxylic acids is 1. The fourth-order valence-electron chi connectivity index (χ4n) is 3.91. The number of aromatic nitrogens is 1. The minimum absolute atomic E-state index is 0.0174. The van der Waals surface area contributed by atoms with E-state index >= 15 is 0 Å². The van der Waals surface area contributed by atoms with E-state index in [0.717, 1.165) is 22.7 Å². The van der Waals surface area contributed by atoms with Gasteiger partial charge in [0.2, 0.25) is 5.60 Å². The van der Waals surface area contributed by atoms with Crippen LogP contribution in [-0.2, 0) is 17.1 Å². The van der Waals surface area contributed by atoms with Gasteiger partial charge in [-0.2, -0.15) is 26.3 Å². The Morgan fingerprint density at radius 2 is 2.00 bits per heavy atom. The van der Waals surface area contributed by atoms with Gasteiger partial charge in [-0.15, -0.1) is 17.9 Å². The van der Waals surface area contributed by atoms with Crippen molar-refractivity contribution in [2.75, 3.05) is 6.54 Å². The quantitative estimate of drug-likeness (QED) is 0.425. The van der Waals surface area contributed by atoms with Crippen LogP contribution in [0.4, 0.5) is 26.3 Å². The first-order chi connectivity index (χ1) is 15.8. The van der Waals surface area contributed by atoms with Gasteiger partial charge in [0, 0.05) is 36.8 Å². The summed E-state index contributed by atoms with van der Waals surface area (Å²) >= 11 is 0.302. The number of aliphatic carboxylic acids is 1. The highest BCUT2D eigenvalue weighted by molar-refractivity contribution is 7.10. The molecule has 1 amide bonds. The Labute approximate surface area is 193 Å². The van der Waals surface area contributed by atoms with Crippen LogP contribution in [0.3, 0.4) is 0 Å². The molecule has 1 aliphatic rings. The lowest BCUT2D eigenvalue weighted by molar-refractivity contribution is -0.165. The number of hydrogen-bond acceptors (Lipinski definition) is 5. The average molecular weight is 508 g/mol. The highest BCUT2D eigenvalue weighted by Crippen LogP contribution is 2.41. The standard InChI is InChI=1S/C21H18F6N2O4S/c1-2-4-15-19(18(31)32,33-12-9-16(34-11-12)21(25,26)27)6-3-8-29(15)17(30)13-10-28-7-5-14(13)20(22,23)24/h2,5,7,9-11,15H,1,3-4,6,8H2,(H,31,32)/t15-,19+/m1/s1. The molecule has 0 unspecified atom stereocenters. The number of alkyl halides is 6. The van der Waals surface area contributed by atoms with Gasteiger partial charge in [0.05, 0.1) is 17.2 Å². The molecule has 0 saturated carbocycles. The summed E-state index contributed by atoms with van der Waals surface area (Å²) in [4.78, 5) is 29.1. The molecule has 0 bridgehead atoms. The predicted octanol–water partition coefficient (Wildman–Crippen LogP) is 5.26. The molecule has 0 radical (unpaired) electrons. The van der Waals surface area contributed by atoms with Crippen LogP contribution in [0.5, 0.6) is 5.75 Å². The maximum Gasteiger partial charge on any atom is 0.425 e. The van der Waals surface area contributed by atoms with E-state index < -0.39 is 51.9 Å². The minimum Gasteiger partial charge on any atom is -0.478 e. The van der Waals surface area contributed by atoms with E-state index in [-0.39, 0.29) is 31.6 Å². The second-order valence-electron chi connectivity index (χ2n) is 7.50. The van der Waals surface area contributed by atoms with Gasteiger partial charge in [-0.3, -0.25) is 9.78 Å². The van der Waals surface area contributed by atoms with E-state index in [1.165, 1.54) is 6.08 Å². The van der Waals surface area contributed by atoms with E-state index in [1.54, 1.807) is 0 Å². The molecule has 0 aromatic carbocycles. The van der Waals surface area contributed by atoms with Crippen molar-refractivity contribution in [2.24, 2.45) is 0 Å². The lowest BCUT2D eigenvalue weighted by Gasteiger charge is -2.46. The summed E-state index contributed by atoms with van der Waals surface area (Å²) in [6.45, 7) is 3.42. The summed E-state index contributed by atoms with van der Waals surface area (Å²) in [5.74, 6) is -3.07. The lowest BCUT2D eigenvalue weighted by atomic mass is 9.81. The number of hydrogen-bond donors (Lipinski definition) is 1. The molecular weight excluding hydrogens is 490 g/mol. The predicted molar refractivity (Wildman–Crippen MR) is 108 cm³/mol. The fraction of sp³-hybridized carbons (Fsp3) is 0.381. The van der Waals surface area contributed by atoms with Crippen molar-refractivity contribution in [2.45, 2.75) is 43.3 Å². The average Bonchev–Trinajstić information content (AvgIpc) is 3.23. The van der Waals surface area contributed by atoms with E-state index in [1.807, 2.05) is 0 Å². The van der Waals surface area contributed by atoms with Crippen LogP contribution in [0.2, 0.25) is 0 Å². The number of carbonyl (C=O) groups is 2. The molecule has 0 aliphatic carbocycles. The monoisotopic (exact) mass is 508 g/mol. The molecule has 2 atom stereocenters. The van der Waals surface area contributed by atoms with Crippen LogP contribution in [-0.4, -0.2) is 45.1 Å². The molecule has 0 spiro atoms. The van der Waals surface area contributed by atoms with Crippen LogP contribution in [0.25, 0.3) is 0 Å². The van der Waals surface area contributed by atoms with E-state index in [2.05, 4.69) is 11.6 Å². The number of likely N-dealkylation sites (tertiary alicyclic amines) is 1. The molecule has 2 aromatic heterocycles. The zero-order valence-electron chi connectivity index (χ0n) is 17.3. The third-order valence-electron chi connectivity index (χ3n) is 5.39. The normalized spacial score (nSPS) is 21.2. The third kappa shape index (κ3) is 4.88. The second kappa shape index (κ2) is 9.28. The van der Waals surface area contributed by atoms with E-state index in [4.69, 9.17) is 4.74 Å². The Hall–Kier alpha value is -3.09. The zero-order valence-corrected chi connectivity index (χ0v) is 18.1. The number of pyridine rings is 1. The minimum atomic E-state index is -4.87. The smallest absolute Gasteiger partial charge is 0.425 e. The summed E-state index contributed by atoms with van der Waals surface area (Å²) in [5, 5.41) is 11.0. The Morgan fingerprint density at radius 3 is 2.56 bits per heavy atom. The van der Waals surface area contributed by atoms with Crippen molar-refractivity contribution >= 4 is 23.2 Å². The fourth-order valence-corrected chi connectivity index (χ4v) is 4.59. The Kier molecular flexibility index (Phi) is 6.97. The van der Waals surface area contributed by atoms with E-state index in [0.29, 0.717) is 23.5 Å². The number of carboxylic acid groups (broad SMARTS) is 1. The highest BCUT2D eigenvalue weighted by atomic mass is 32.1. The molecule has 13 heteroatoms. The van der Waals surface area contributed by atoms with Gasteiger partial charge in [-0.1, -0.05) is 6.08 Å². The van der Waals surface area contributed by atoms with Crippen molar-refractivity contribution in [3.8, 4) is 5.75 Å². The van der Waals surface area contributed by atoms with Gasteiger partial charge in [0.1, 0.15) is 10.6 Å². The molecule has 1 fully saturated rings. The van der Waals surface area contributed by atoms with Gasteiger partial charge < -0.3 is 14.7 Å². The molecule has 2 aromatic rings. The molecule has 1 aliphatic heterocycles. The molecule has 3 rings (SSSR count). The van der Waals surface area contributed by atoms with Gasteiger partial charge in [0.25, 0.3) is 5.91 Å². The number of carboxylic acids is 1. The summed E-state index contributed by atoms with van der Waals surface area (Å²) in [6.07, 6.45) is -7.05. The van der Waals surface area contributed by atoms with E-state index in [9.17, 15) is 41.0 Å². The topological polar surface area (TPSA) is 79.7 Å². The Bertz CT molecular complexity index is 1080. The lowest BCUT2D eigenvalue weighted by Crippen LogP contribution is -2.65. The third-order valence-corrected chi connectivity index (χ3v) is 6.34. The SMILES string of the molecule is C=CC[C@H]1N(C(=O)c2cnccc2C(F)(F)F)CCC[C@@]1(Oc1csc(C(F)(F)F)c1)C(=O)O. The molecule has 3 heterocycles. The van der Waals surface area contributed by atoms with Crippen molar-refractivity contribution in [3.63, 3.8) is 0 Å². The Morgan fingerprint density at radius 1 is 1.29 bits per heavy atom. The van der Waals surface area contributed by atoms with Crippen LogP contribution in [0, 0.1) is 0 Å². The number of rotatable bonds is 6. The largest absolute Gasteiger partial charge is 0.478 e. The maximum atomic E-state index is 13.5. The highest BCUT2D eigenvalue weighted by Gasteiger charge is 2.54. The molecule has 6 nitrogen and oxygen atoms in total. The van der Waals surface area contributed by atoms with Gasteiger partial charge in [-0.25, -0.2) is 4.79 Å². The van der Waals surface area contributed by atoms with Crippen molar-refractivity contribution in [3.05, 3.63) is 58.6 Å². The molecule has 34 heavy (non-hydrogen) atoms. The number of ether oxygens (including phenoxy) is 1. The number of thiophene rings is 1. The second-order valence-corrected chi connectivity index (χ2v) is 8.41. The van der Waals surface area contributed by atoms with Gasteiger partial charge in [-0.05, 0) is 18.9 Å². The molecule has 1 N–H and O–H groups in total. The summed E-state index contributed by atoms with van der Waals surface area (Å²) < 4.78 is 85.0. The molecule has 1 saturated heterocycles. The number of halogens is 6. The number of piperidine rings is 1. The van der Waals surface area contributed by atoms with Crippen molar-refractivity contribution in [1.82, 2.24) is 9.88 Å². The first-order valence-corrected chi connectivity index (χ1v) is 10.7. The van der Waals surface area contributed by atoms with Crippen molar-refractivity contribution < 1.29 is 45.8 Å². The van der Waals surface area contributed by atoms with Gasteiger partial charge in [0.15, 0.2) is 0 Å².